The van der Waals surface area contributed by atoms with E-state index in [1.165, 1.54) is 0 Å². The van der Waals surface area contributed by atoms with E-state index in [9.17, 15) is 4.79 Å². The second-order valence-electron chi connectivity index (χ2n) is 5.69. The number of carbonyl (C=O) groups excluding carboxylic acids is 1. The van der Waals surface area contributed by atoms with Crippen LogP contribution in [0.25, 0.3) is 0 Å². The number of aromatic nitrogens is 2. The standard InChI is InChI=1S/C20H19N3O/c1-16-5-2-3-7-19(16)20(24)23(14-17-8-11-21-12-9-17)15-18-6-4-10-22-13-18/h2-13H,14-15H2,1H3. The summed E-state index contributed by atoms with van der Waals surface area (Å²) >= 11 is 0. The van der Waals surface area contributed by atoms with E-state index >= 15 is 0 Å². The molecule has 2 aromatic heterocycles. The molecule has 0 saturated heterocycles. The zero-order chi connectivity index (χ0) is 16.8. The lowest BCUT2D eigenvalue weighted by Gasteiger charge is -2.23. The number of rotatable bonds is 5. The molecule has 0 radical (unpaired) electrons. The Morgan fingerprint density at radius 2 is 1.62 bits per heavy atom. The Morgan fingerprint density at radius 1 is 0.875 bits per heavy atom. The van der Waals surface area contributed by atoms with E-state index in [4.69, 9.17) is 0 Å². The Labute approximate surface area is 141 Å². The topological polar surface area (TPSA) is 46.1 Å². The highest BCUT2D eigenvalue weighted by Gasteiger charge is 2.18. The molecule has 0 aliphatic heterocycles. The molecule has 0 aliphatic rings. The molecule has 2 heterocycles. The van der Waals surface area contributed by atoms with Crippen molar-refractivity contribution >= 4 is 5.91 Å². The van der Waals surface area contributed by atoms with E-state index in [0.717, 1.165) is 22.3 Å². The minimum atomic E-state index is 0.0220. The number of aryl methyl sites for hydroxylation is 1. The van der Waals surface area contributed by atoms with Crippen molar-refractivity contribution in [1.29, 1.82) is 0 Å². The summed E-state index contributed by atoms with van der Waals surface area (Å²) in [5, 5.41) is 0. The fraction of sp³-hybridized carbons (Fsp3) is 0.150. The van der Waals surface area contributed by atoms with Gasteiger partial charge >= 0.3 is 0 Å². The normalized spacial score (nSPS) is 10.4. The number of benzene rings is 1. The minimum absolute atomic E-state index is 0.0220. The van der Waals surface area contributed by atoms with E-state index in [2.05, 4.69) is 9.97 Å². The van der Waals surface area contributed by atoms with Gasteiger partial charge in [0.25, 0.3) is 5.91 Å². The van der Waals surface area contributed by atoms with Gasteiger partial charge in [0.15, 0.2) is 0 Å². The van der Waals surface area contributed by atoms with E-state index in [1.54, 1.807) is 24.8 Å². The summed E-state index contributed by atoms with van der Waals surface area (Å²) in [7, 11) is 0. The zero-order valence-corrected chi connectivity index (χ0v) is 13.6. The van der Waals surface area contributed by atoms with Gasteiger partial charge in [-0.3, -0.25) is 14.8 Å². The van der Waals surface area contributed by atoms with Gasteiger partial charge in [-0.25, -0.2) is 0 Å². The number of hydrogen-bond acceptors (Lipinski definition) is 3. The van der Waals surface area contributed by atoms with Crippen LogP contribution >= 0.6 is 0 Å². The third kappa shape index (κ3) is 3.84. The number of hydrogen-bond donors (Lipinski definition) is 0. The predicted molar refractivity (Wildman–Crippen MR) is 93.2 cm³/mol. The molecule has 0 fully saturated rings. The molecule has 3 aromatic rings. The maximum absolute atomic E-state index is 13.1. The van der Waals surface area contributed by atoms with Crippen molar-refractivity contribution in [2.24, 2.45) is 0 Å². The van der Waals surface area contributed by atoms with Crippen molar-refractivity contribution in [1.82, 2.24) is 14.9 Å². The van der Waals surface area contributed by atoms with E-state index in [1.807, 2.05) is 60.4 Å². The first-order chi connectivity index (χ1) is 11.7. The van der Waals surface area contributed by atoms with Crippen LogP contribution in [-0.2, 0) is 13.1 Å². The van der Waals surface area contributed by atoms with Crippen molar-refractivity contribution in [3.8, 4) is 0 Å². The second kappa shape index (κ2) is 7.51. The summed E-state index contributed by atoms with van der Waals surface area (Å²) in [6.45, 7) is 3.01. The third-order valence-corrected chi connectivity index (χ3v) is 3.88. The third-order valence-electron chi connectivity index (χ3n) is 3.88. The maximum atomic E-state index is 13.1. The Bertz CT molecular complexity index is 762. The lowest BCUT2D eigenvalue weighted by atomic mass is 10.1. The number of nitrogens with zero attached hydrogens (tertiary/aromatic N) is 3. The molecule has 0 N–H and O–H groups in total. The van der Waals surface area contributed by atoms with Crippen LogP contribution in [0.5, 0.6) is 0 Å². The summed E-state index contributed by atoms with van der Waals surface area (Å²) < 4.78 is 0. The molecule has 4 nitrogen and oxygen atoms in total. The summed E-state index contributed by atoms with van der Waals surface area (Å²) in [5.74, 6) is 0.0220. The summed E-state index contributed by atoms with van der Waals surface area (Å²) in [6.07, 6.45) is 7.02. The highest BCUT2D eigenvalue weighted by atomic mass is 16.2. The quantitative estimate of drug-likeness (QED) is 0.722. The fourth-order valence-corrected chi connectivity index (χ4v) is 2.60. The van der Waals surface area contributed by atoms with Gasteiger partial charge in [0.1, 0.15) is 0 Å². The van der Waals surface area contributed by atoms with Crippen LogP contribution in [0.2, 0.25) is 0 Å². The van der Waals surface area contributed by atoms with Crippen LogP contribution in [0.1, 0.15) is 27.0 Å². The molecule has 24 heavy (non-hydrogen) atoms. The minimum Gasteiger partial charge on any atom is -0.330 e. The van der Waals surface area contributed by atoms with Gasteiger partial charge in [-0.05, 0) is 47.9 Å². The van der Waals surface area contributed by atoms with Crippen molar-refractivity contribution in [2.45, 2.75) is 20.0 Å². The van der Waals surface area contributed by atoms with Crippen LogP contribution in [0.15, 0.2) is 73.3 Å². The van der Waals surface area contributed by atoms with E-state index in [-0.39, 0.29) is 5.91 Å². The first kappa shape index (κ1) is 15.9. The number of carbonyl (C=O) groups is 1. The van der Waals surface area contributed by atoms with Gasteiger partial charge in [-0.15, -0.1) is 0 Å². The first-order valence-electron chi connectivity index (χ1n) is 7.87. The smallest absolute Gasteiger partial charge is 0.254 e. The van der Waals surface area contributed by atoms with Gasteiger partial charge in [-0.2, -0.15) is 0 Å². The Kier molecular flexibility index (Phi) is 4.96. The molecular weight excluding hydrogens is 298 g/mol. The Morgan fingerprint density at radius 3 is 2.33 bits per heavy atom. The molecule has 0 unspecified atom stereocenters. The van der Waals surface area contributed by atoms with Crippen LogP contribution in [0.4, 0.5) is 0 Å². The van der Waals surface area contributed by atoms with Gasteiger partial charge in [0.2, 0.25) is 0 Å². The van der Waals surface area contributed by atoms with Crippen molar-refractivity contribution in [3.05, 3.63) is 95.6 Å². The van der Waals surface area contributed by atoms with Gasteiger partial charge < -0.3 is 4.90 Å². The average Bonchev–Trinajstić information content (AvgIpc) is 2.63. The number of pyridine rings is 2. The molecule has 120 valence electrons. The summed E-state index contributed by atoms with van der Waals surface area (Å²) in [6, 6.07) is 15.4. The zero-order valence-electron chi connectivity index (χ0n) is 13.6. The molecule has 0 spiro atoms. The van der Waals surface area contributed by atoms with Crippen LogP contribution in [-0.4, -0.2) is 20.8 Å². The van der Waals surface area contributed by atoms with Crippen molar-refractivity contribution < 1.29 is 4.79 Å². The number of amides is 1. The molecule has 0 aliphatic carbocycles. The van der Waals surface area contributed by atoms with Crippen LogP contribution in [0, 0.1) is 6.92 Å². The van der Waals surface area contributed by atoms with Crippen LogP contribution in [0.3, 0.4) is 0 Å². The monoisotopic (exact) mass is 317 g/mol. The second-order valence-corrected chi connectivity index (χ2v) is 5.69. The summed E-state index contributed by atoms with van der Waals surface area (Å²) in [4.78, 5) is 23.1. The Hall–Kier alpha value is -3.01. The predicted octanol–water partition coefficient (Wildman–Crippen LogP) is 3.63. The van der Waals surface area contributed by atoms with Gasteiger partial charge in [0.05, 0.1) is 0 Å². The molecule has 1 amide bonds. The lowest BCUT2D eigenvalue weighted by molar-refractivity contribution is 0.0729. The molecule has 1 aromatic carbocycles. The lowest BCUT2D eigenvalue weighted by Crippen LogP contribution is -2.30. The highest BCUT2D eigenvalue weighted by molar-refractivity contribution is 5.95. The van der Waals surface area contributed by atoms with Gasteiger partial charge in [-0.1, -0.05) is 24.3 Å². The fourth-order valence-electron chi connectivity index (χ4n) is 2.60. The molecule has 3 rings (SSSR count). The molecule has 0 bridgehead atoms. The van der Waals surface area contributed by atoms with Crippen molar-refractivity contribution in [3.63, 3.8) is 0 Å². The van der Waals surface area contributed by atoms with E-state index in [0.29, 0.717) is 13.1 Å². The van der Waals surface area contributed by atoms with Gasteiger partial charge in [0, 0.05) is 43.4 Å². The van der Waals surface area contributed by atoms with E-state index < -0.39 is 0 Å². The van der Waals surface area contributed by atoms with Crippen molar-refractivity contribution in [2.75, 3.05) is 0 Å². The largest absolute Gasteiger partial charge is 0.330 e. The first-order valence-corrected chi connectivity index (χ1v) is 7.87. The molecule has 4 heteroatoms. The molecular formula is C20H19N3O. The van der Waals surface area contributed by atoms with Crippen LogP contribution < -0.4 is 0 Å². The highest BCUT2D eigenvalue weighted by Crippen LogP contribution is 2.16. The molecule has 0 atom stereocenters. The maximum Gasteiger partial charge on any atom is 0.254 e. The Balaban J connectivity index is 1.89. The molecule has 0 saturated carbocycles. The summed E-state index contributed by atoms with van der Waals surface area (Å²) in [5.41, 5.74) is 3.77. The SMILES string of the molecule is Cc1ccccc1C(=O)N(Cc1ccncc1)Cc1cccnc1. The average molecular weight is 317 g/mol.